The second kappa shape index (κ2) is 9.81. The van der Waals surface area contributed by atoms with Crippen molar-refractivity contribution in [3.8, 4) is 5.75 Å². The maximum absolute atomic E-state index is 12.8. The van der Waals surface area contributed by atoms with Gasteiger partial charge in [-0.3, -0.25) is 9.10 Å². The van der Waals surface area contributed by atoms with Crippen molar-refractivity contribution >= 4 is 50.5 Å². The summed E-state index contributed by atoms with van der Waals surface area (Å²) < 4.78 is 32.6. The molecule has 0 fully saturated rings. The molecule has 0 aliphatic heterocycles. The van der Waals surface area contributed by atoms with E-state index in [2.05, 4.69) is 5.32 Å². The lowest BCUT2D eigenvalue weighted by Gasteiger charge is -2.20. The molecule has 32 heavy (non-hydrogen) atoms. The number of halogens is 2. The molecule has 1 N–H and O–H groups in total. The summed E-state index contributed by atoms with van der Waals surface area (Å²) in [5.41, 5.74) is 1.82. The smallest absolute Gasteiger partial charge is 0.265 e. The molecular weight excluding hydrogens is 471 g/mol. The number of ether oxygens (including phenoxy) is 1. The van der Waals surface area contributed by atoms with E-state index in [1.54, 1.807) is 73.7 Å². The predicted molar refractivity (Wildman–Crippen MR) is 128 cm³/mol. The summed E-state index contributed by atoms with van der Waals surface area (Å²) in [5, 5.41) is 3.25. The van der Waals surface area contributed by atoms with Crippen molar-refractivity contribution in [3.05, 3.63) is 82.3 Å². The predicted octanol–water partition coefficient (Wildman–Crippen LogP) is 5.53. The third kappa shape index (κ3) is 5.35. The number of nitrogens with one attached hydrogen (secondary N) is 1. The van der Waals surface area contributed by atoms with Crippen LogP contribution in [0.1, 0.15) is 12.5 Å². The molecule has 0 heterocycles. The summed E-state index contributed by atoms with van der Waals surface area (Å²) in [5.74, 6) is 0.00651. The summed E-state index contributed by atoms with van der Waals surface area (Å²) >= 11 is 12.1. The van der Waals surface area contributed by atoms with E-state index in [4.69, 9.17) is 27.9 Å². The van der Waals surface area contributed by atoms with Crippen molar-refractivity contribution < 1.29 is 17.9 Å². The lowest BCUT2D eigenvalue weighted by molar-refractivity contribution is -0.122. The molecule has 168 valence electrons. The molecule has 1 atom stereocenters. The summed E-state index contributed by atoms with van der Waals surface area (Å²) in [7, 11) is -2.21. The Hall–Kier alpha value is -2.74. The van der Waals surface area contributed by atoms with Crippen molar-refractivity contribution in [2.24, 2.45) is 0 Å². The molecule has 3 rings (SSSR count). The van der Waals surface area contributed by atoms with Crippen LogP contribution in [0.15, 0.2) is 71.6 Å². The van der Waals surface area contributed by atoms with E-state index < -0.39 is 22.0 Å². The van der Waals surface area contributed by atoms with E-state index in [9.17, 15) is 13.2 Å². The molecule has 0 radical (unpaired) electrons. The Morgan fingerprint density at radius 3 is 2.25 bits per heavy atom. The van der Waals surface area contributed by atoms with Gasteiger partial charge in [-0.15, -0.1) is 0 Å². The minimum atomic E-state index is -3.70. The summed E-state index contributed by atoms with van der Waals surface area (Å²) in [6.07, 6.45) is -0.829. The Kier molecular flexibility index (Phi) is 7.33. The molecule has 0 bridgehead atoms. The zero-order valence-electron chi connectivity index (χ0n) is 17.7. The van der Waals surface area contributed by atoms with Crippen LogP contribution in [-0.2, 0) is 14.8 Å². The SMILES string of the molecule is Cc1ccc(S(=O)(=O)N(C)c2ccc(OC(C)C(=O)Nc3cccc(Cl)c3Cl)cc2)cc1. The lowest BCUT2D eigenvalue weighted by atomic mass is 10.2. The monoisotopic (exact) mass is 492 g/mol. The van der Waals surface area contributed by atoms with E-state index in [1.165, 1.54) is 11.4 Å². The van der Waals surface area contributed by atoms with E-state index in [0.29, 0.717) is 22.1 Å². The standard InChI is InChI=1S/C23H22Cl2N2O4S/c1-15-7-13-19(14-8-15)32(29,30)27(3)17-9-11-18(12-10-17)31-16(2)23(28)26-21-6-4-5-20(24)22(21)25/h4-14,16H,1-3H3,(H,26,28). The molecule has 0 aliphatic carbocycles. The fourth-order valence-corrected chi connectivity index (χ4v) is 4.38. The third-order valence-electron chi connectivity index (χ3n) is 4.77. The van der Waals surface area contributed by atoms with Gasteiger partial charge in [0.1, 0.15) is 5.75 Å². The topological polar surface area (TPSA) is 75.7 Å². The van der Waals surface area contributed by atoms with Gasteiger partial charge in [-0.05, 0) is 62.4 Å². The Bertz CT molecular complexity index is 1210. The maximum Gasteiger partial charge on any atom is 0.265 e. The molecule has 0 saturated carbocycles. The minimum absolute atomic E-state index is 0.205. The molecule has 0 aliphatic rings. The zero-order valence-corrected chi connectivity index (χ0v) is 20.0. The third-order valence-corrected chi connectivity index (χ3v) is 7.39. The molecule has 0 spiro atoms. The number of carbonyl (C=O) groups is 1. The van der Waals surface area contributed by atoms with E-state index in [1.807, 2.05) is 6.92 Å². The fourth-order valence-electron chi connectivity index (χ4n) is 2.83. The van der Waals surface area contributed by atoms with Gasteiger partial charge in [0.2, 0.25) is 0 Å². The average molecular weight is 493 g/mol. The van der Waals surface area contributed by atoms with E-state index >= 15 is 0 Å². The Labute approximate surface area is 197 Å². The van der Waals surface area contributed by atoms with Crippen LogP contribution >= 0.6 is 23.2 Å². The van der Waals surface area contributed by atoms with Gasteiger partial charge in [0, 0.05) is 7.05 Å². The number of benzene rings is 3. The van der Waals surface area contributed by atoms with Gasteiger partial charge in [0.15, 0.2) is 6.10 Å². The molecule has 9 heteroatoms. The molecule has 3 aromatic rings. The first-order valence-corrected chi connectivity index (χ1v) is 11.9. The first-order chi connectivity index (χ1) is 15.1. The number of anilines is 2. The van der Waals surface area contributed by atoms with Gasteiger partial charge in [-0.1, -0.05) is 47.0 Å². The molecule has 1 unspecified atom stereocenters. The van der Waals surface area contributed by atoms with Crippen LogP contribution in [0.25, 0.3) is 0 Å². The Morgan fingerprint density at radius 1 is 1.00 bits per heavy atom. The summed E-state index contributed by atoms with van der Waals surface area (Å²) in [4.78, 5) is 12.6. The van der Waals surface area contributed by atoms with Gasteiger partial charge in [0.25, 0.3) is 15.9 Å². The Balaban J connectivity index is 1.67. The lowest BCUT2D eigenvalue weighted by Crippen LogP contribution is -2.30. The van der Waals surface area contributed by atoms with Crippen LogP contribution in [0.5, 0.6) is 5.75 Å². The van der Waals surface area contributed by atoms with Crippen molar-refractivity contribution in [2.45, 2.75) is 24.8 Å². The van der Waals surface area contributed by atoms with Crippen LogP contribution in [0.4, 0.5) is 11.4 Å². The number of carbonyl (C=O) groups excluding carboxylic acids is 1. The van der Waals surface area contributed by atoms with Crippen molar-refractivity contribution in [1.82, 2.24) is 0 Å². The molecule has 0 saturated heterocycles. The van der Waals surface area contributed by atoms with Gasteiger partial charge < -0.3 is 10.1 Å². The molecule has 0 aromatic heterocycles. The summed E-state index contributed by atoms with van der Waals surface area (Å²) in [6, 6.07) is 18.0. The van der Waals surface area contributed by atoms with Crippen molar-refractivity contribution in [2.75, 3.05) is 16.7 Å². The minimum Gasteiger partial charge on any atom is -0.481 e. The molecule has 3 aromatic carbocycles. The van der Waals surface area contributed by atoms with E-state index in [-0.39, 0.29) is 9.92 Å². The number of rotatable bonds is 7. The number of sulfonamides is 1. The largest absolute Gasteiger partial charge is 0.481 e. The van der Waals surface area contributed by atoms with E-state index in [0.717, 1.165) is 5.56 Å². The number of amides is 1. The molecular formula is C23H22Cl2N2O4S. The highest BCUT2D eigenvalue weighted by atomic mass is 35.5. The first kappa shape index (κ1) is 23.9. The van der Waals surface area contributed by atoms with Gasteiger partial charge in [-0.25, -0.2) is 8.42 Å². The number of nitrogens with zero attached hydrogens (tertiary/aromatic N) is 1. The molecule has 1 amide bonds. The summed E-state index contributed by atoms with van der Waals surface area (Å²) in [6.45, 7) is 3.49. The van der Waals surface area contributed by atoms with Gasteiger partial charge in [-0.2, -0.15) is 0 Å². The second-order valence-corrected chi connectivity index (χ2v) is 9.88. The highest BCUT2D eigenvalue weighted by Gasteiger charge is 2.22. The fraction of sp³-hybridized carbons (Fsp3) is 0.174. The number of hydrogen-bond donors (Lipinski definition) is 1. The van der Waals surface area contributed by atoms with Crippen LogP contribution in [-0.4, -0.2) is 27.5 Å². The van der Waals surface area contributed by atoms with Gasteiger partial charge in [0.05, 0.1) is 26.3 Å². The second-order valence-electron chi connectivity index (χ2n) is 7.13. The number of hydrogen-bond acceptors (Lipinski definition) is 4. The zero-order chi connectivity index (χ0) is 23.5. The average Bonchev–Trinajstić information content (AvgIpc) is 2.77. The number of aryl methyl sites for hydroxylation is 1. The highest BCUT2D eigenvalue weighted by molar-refractivity contribution is 7.92. The van der Waals surface area contributed by atoms with Crippen molar-refractivity contribution in [3.63, 3.8) is 0 Å². The van der Waals surface area contributed by atoms with Gasteiger partial charge >= 0.3 is 0 Å². The Morgan fingerprint density at radius 2 is 1.62 bits per heavy atom. The van der Waals surface area contributed by atoms with Crippen LogP contribution in [0.2, 0.25) is 10.0 Å². The van der Waals surface area contributed by atoms with Crippen LogP contribution in [0.3, 0.4) is 0 Å². The maximum atomic E-state index is 12.8. The quantitative estimate of drug-likeness (QED) is 0.470. The van der Waals surface area contributed by atoms with Crippen LogP contribution < -0.4 is 14.4 Å². The van der Waals surface area contributed by atoms with Crippen LogP contribution in [0, 0.1) is 6.92 Å². The normalized spacial score (nSPS) is 12.2. The van der Waals surface area contributed by atoms with Crippen molar-refractivity contribution in [1.29, 1.82) is 0 Å². The first-order valence-electron chi connectivity index (χ1n) is 9.67. The highest BCUT2D eigenvalue weighted by Crippen LogP contribution is 2.30. The molecule has 6 nitrogen and oxygen atoms in total.